The summed E-state index contributed by atoms with van der Waals surface area (Å²) in [5, 5.41) is 32.1. The molecule has 1 aromatic rings. The zero-order valence-corrected chi connectivity index (χ0v) is 13.5. The lowest BCUT2D eigenvalue weighted by molar-refractivity contribution is -0.226. The molecule has 9 nitrogen and oxygen atoms in total. The summed E-state index contributed by atoms with van der Waals surface area (Å²) in [5.74, 6) is -0.558. The van der Waals surface area contributed by atoms with Gasteiger partial charge in [0.15, 0.2) is 6.23 Å². The predicted molar refractivity (Wildman–Crippen MR) is 82.1 cm³/mol. The molecule has 0 radical (unpaired) electrons. The summed E-state index contributed by atoms with van der Waals surface area (Å²) in [5.41, 5.74) is 0.306. The van der Waals surface area contributed by atoms with Crippen molar-refractivity contribution in [3.63, 3.8) is 0 Å². The second kappa shape index (κ2) is 7.71. The molecule has 1 heterocycles. The summed E-state index contributed by atoms with van der Waals surface area (Å²) < 4.78 is 16.3. The number of benzene rings is 1. The van der Waals surface area contributed by atoms with E-state index in [2.05, 4.69) is 5.32 Å². The van der Waals surface area contributed by atoms with Gasteiger partial charge in [-0.2, -0.15) is 0 Å². The number of hydrogen-bond acceptors (Lipinski definition) is 6. The summed E-state index contributed by atoms with van der Waals surface area (Å²) in [4.78, 5) is 29.9. The minimum Gasteiger partial charge on any atom is -0.388 e. The highest BCUT2D eigenvalue weighted by molar-refractivity contribution is 7.51. The Balaban J connectivity index is 2.05. The first-order valence-electron chi connectivity index (χ1n) is 7.29. The van der Waals surface area contributed by atoms with Crippen molar-refractivity contribution in [1.82, 2.24) is 5.32 Å². The van der Waals surface area contributed by atoms with Crippen molar-refractivity contribution < 1.29 is 39.2 Å². The summed E-state index contributed by atoms with van der Waals surface area (Å²) in [6.45, 7) is 0. The molecule has 1 saturated heterocycles. The number of aliphatic hydroxyl groups excluding tert-OH is 3. The lowest BCUT2D eigenvalue weighted by atomic mass is 9.96. The molecule has 1 fully saturated rings. The third-order valence-corrected chi connectivity index (χ3v) is 4.57. The lowest BCUT2D eigenvalue weighted by Crippen LogP contribution is -2.62. The maximum atomic E-state index is 12.1. The monoisotopic (exact) mass is 361 g/mol. The summed E-state index contributed by atoms with van der Waals surface area (Å²) in [6, 6.07) is 8.10. The molecule has 0 spiro atoms. The number of rotatable bonds is 5. The largest absolute Gasteiger partial charge is 0.388 e. The predicted octanol–water partition coefficient (Wildman–Crippen LogP) is -1.21. The van der Waals surface area contributed by atoms with Gasteiger partial charge >= 0.3 is 7.60 Å². The molecule has 2 rings (SSSR count). The molecular weight excluding hydrogens is 341 g/mol. The normalized spacial score (nSPS) is 30.8. The van der Waals surface area contributed by atoms with Crippen molar-refractivity contribution >= 4 is 13.5 Å². The molecule has 1 unspecified atom stereocenters. The van der Waals surface area contributed by atoms with Gasteiger partial charge in [0.05, 0.1) is 12.3 Å². The molecule has 5 atom stereocenters. The van der Waals surface area contributed by atoms with Crippen LogP contribution in [-0.4, -0.2) is 67.8 Å². The fourth-order valence-corrected chi connectivity index (χ4v) is 3.00. The SMILES string of the molecule is O=C(NC1O[C@H](CCP(=O)(O)O)[C@@H](O)[C@H](O)[C@@H]1O)c1ccccc1. The Labute approximate surface area is 138 Å². The number of ether oxygens (including phenoxy) is 1. The first kappa shape index (κ1) is 19.0. The van der Waals surface area contributed by atoms with Gasteiger partial charge in [-0.05, 0) is 18.6 Å². The standard InChI is InChI=1S/C14H20NO8P/c16-10-9(6-7-24(20,21)22)23-14(12(18)11(10)17)15-13(19)8-4-2-1-3-5-8/h1-5,9-12,14,16-18H,6-7H2,(H,15,19)(H2,20,21,22)/t9-,10-,11+,12+,14?/m1/s1. The first-order chi connectivity index (χ1) is 11.2. The molecule has 0 aromatic heterocycles. The Kier molecular flexibility index (Phi) is 6.11. The molecule has 10 heteroatoms. The van der Waals surface area contributed by atoms with Crippen LogP contribution in [0.4, 0.5) is 0 Å². The molecule has 6 N–H and O–H groups in total. The molecule has 1 aliphatic rings. The molecule has 24 heavy (non-hydrogen) atoms. The van der Waals surface area contributed by atoms with Crippen LogP contribution in [0, 0.1) is 0 Å². The van der Waals surface area contributed by atoms with Crippen LogP contribution in [0.2, 0.25) is 0 Å². The van der Waals surface area contributed by atoms with Crippen LogP contribution in [0.1, 0.15) is 16.8 Å². The Morgan fingerprint density at radius 1 is 1.08 bits per heavy atom. The Morgan fingerprint density at radius 2 is 1.71 bits per heavy atom. The molecule has 0 aliphatic carbocycles. The number of amides is 1. The first-order valence-corrected chi connectivity index (χ1v) is 9.09. The Morgan fingerprint density at radius 3 is 2.29 bits per heavy atom. The van der Waals surface area contributed by atoms with Gasteiger partial charge in [0.1, 0.15) is 18.3 Å². The van der Waals surface area contributed by atoms with Crippen LogP contribution in [-0.2, 0) is 9.30 Å². The van der Waals surface area contributed by atoms with Crippen LogP contribution in [0.15, 0.2) is 30.3 Å². The van der Waals surface area contributed by atoms with E-state index in [4.69, 9.17) is 14.5 Å². The van der Waals surface area contributed by atoms with Crippen LogP contribution in [0.3, 0.4) is 0 Å². The van der Waals surface area contributed by atoms with Gasteiger partial charge in [0.25, 0.3) is 5.91 Å². The Bertz CT molecular complexity index is 606. The minimum atomic E-state index is -4.31. The number of carbonyl (C=O) groups excluding carboxylic acids is 1. The summed E-state index contributed by atoms with van der Waals surface area (Å²) in [6.07, 6.45) is -8.00. The van der Waals surface area contributed by atoms with E-state index < -0.39 is 50.3 Å². The molecule has 0 bridgehead atoms. The molecule has 134 valence electrons. The minimum absolute atomic E-state index is 0.243. The second-order valence-electron chi connectivity index (χ2n) is 5.58. The van der Waals surface area contributed by atoms with Crippen molar-refractivity contribution in [3.8, 4) is 0 Å². The highest BCUT2D eigenvalue weighted by Crippen LogP contribution is 2.37. The van der Waals surface area contributed by atoms with E-state index >= 15 is 0 Å². The highest BCUT2D eigenvalue weighted by Gasteiger charge is 2.44. The third-order valence-electron chi connectivity index (χ3n) is 3.73. The van der Waals surface area contributed by atoms with E-state index in [9.17, 15) is 24.7 Å². The quantitative estimate of drug-likeness (QED) is 0.357. The van der Waals surface area contributed by atoms with Gasteiger partial charge in [-0.25, -0.2) is 0 Å². The zero-order chi connectivity index (χ0) is 17.9. The maximum Gasteiger partial charge on any atom is 0.325 e. The van der Waals surface area contributed by atoms with Crippen LogP contribution < -0.4 is 5.32 Å². The summed E-state index contributed by atoms with van der Waals surface area (Å²) >= 11 is 0. The van der Waals surface area contributed by atoms with Crippen molar-refractivity contribution in [2.75, 3.05) is 6.16 Å². The third kappa shape index (κ3) is 4.84. The van der Waals surface area contributed by atoms with Crippen LogP contribution >= 0.6 is 7.60 Å². The van der Waals surface area contributed by atoms with Crippen molar-refractivity contribution in [1.29, 1.82) is 0 Å². The van der Waals surface area contributed by atoms with Gasteiger partial charge in [-0.1, -0.05) is 18.2 Å². The van der Waals surface area contributed by atoms with Crippen LogP contribution in [0.5, 0.6) is 0 Å². The molecule has 1 aromatic carbocycles. The molecular formula is C14H20NO8P. The highest BCUT2D eigenvalue weighted by atomic mass is 31.2. The molecule has 1 aliphatic heterocycles. The van der Waals surface area contributed by atoms with Gasteiger partial charge in [0.2, 0.25) is 0 Å². The average molecular weight is 361 g/mol. The van der Waals surface area contributed by atoms with E-state index in [-0.39, 0.29) is 6.42 Å². The van der Waals surface area contributed by atoms with Crippen LogP contribution in [0.25, 0.3) is 0 Å². The maximum absolute atomic E-state index is 12.1. The number of aliphatic hydroxyl groups is 3. The van der Waals surface area contributed by atoms with Crippen molar-refractivity contribution in [3.05, 3.63) is 35.9 Å². The second-order valence-corrected chi connectivity index (χ2v) is 7.36. The van der Waals surface area contributed by atoms with E-state index in [1.807, 2.05) is 0 Å². The summed E-state index contributed by atoms with van der Waals surface area (Å²) in [7, 11) is -4.31. The van der Waals surface area contributed by atoms with Crippen molar-refractivity contribution in [2.45, 2.75) is 37.1 Å². The Hall–Kier alpha value is -1.32. The van der Waals surface area contributed by atoms with E-state index in [1.165, 1.54) is 0 Å². The van der Waals surface area contributed by atoms with E-state index in [1.54, 1.807) is 30.3 Å². The number of carbonyl (C=O) groups is 1. The molecule has 1 amide bonds. The van der Waals surface area contributed by atoms with Crippen molar-refractivity contribution in [2.24, 2.45) is 0 Å². The number of nitrogens with one attached hydrogen (secondary N) is 1. The van der Waals surface area contributed by atoms with E-state index in [0.29, 0.717) is 5.56 Å². The van der Waals surface area contributed by atoms with Gasteiger partial charge in [-0.15, -0.1) is 0 Å². The smallest absolute Gasteiger partial charge is 0.325 e. The number of hydrogen-bond donors (Lipinski definition) is 6. The van der Waals surface area contributed by atoms with Gasteiger partial charge in [-0.3, -0.25) is 9.36 Å². The fourth-order valence-electron chi connectivity index (χ4n) is 2.41. The van der Waals surface area contributed by atoms with Gasteiger partial charge in [0, 0.05) is 5.56 Å². The van der Waals surface area contributed by atoms with E-state index in [0.717, 1.165) is 0 Å². The molecule has 0 saturated carbocycles. The van der Waals surface area contributed by atoms with Gasteiger partial charge < -0.3 is 35.2 Å². The average Bonchev–Trinajstić information content (AvgIpc) is 2.54. The zero-order valence-electron chi connectivity index (χ0n) is 12.6. The topological polar surface area (TPSA) is 157 Å². The fraction of sp³-hybridized carbons (Fsp3) is 0.500. The lowest BCUT2D eigenvalue weighted by Gasteiger charge is -2.40.